The van der Waals surface area contributed by atoms with Crippen LogP contribution in [0.3, 0.4) is 0 Å². The Morgan fingerprint density at radius 1 is 1.32 bits per heavy atom. The van der Waals surface area contributed by atoms with Crippen LogP contribution in [0.2, 0.25) is 0 Å². The second kappa shape index (κ2) is 6.00. The first-order valence-electron chi connectivity index (χ1n) is 8.13. The zero-order valence-corrected chi connectivity index (χ0v) is 14.0. The highest BCUT2D eigenvalue weighted by Gasteiger charge is 2.48. The average Bonchev–Trinajstić information content (AvgIpc) is 2.74. The Morgan fingerprint density at radius 2 is 2.00 bits per heavy atom. The summed E-state index contributed by atoms with van der Waals surface area (Å²) in [6, 6.07) is 4.42. The topological polar surface area (TPSA) is 46.9 Å². The summed E-state index contributed by atoms with van der Waals surface area (Å²) >= 11 is 0. The molecule has 1 N–H and O–H groups in total. The van der Waals surface area contributed by atoms with Gasteiger partial charge < -0.3 is 4.57 Å². The number of fused-ring (bicyclic) bond motifs is 1. The Kier molecular flexibility index (Phi) is 4.25. The van der Waals surface area contributed by atoms with Gasteiger partial charge in [0, 0.05) is 12.5 Å². The van der Waals surface area contributed by atoms with Crippen molar-refractivity contribution in [3.8, 4) is 0 Å². The maximum absolute atomic E-state index is 14.2. The molecule has 0 atom stereocenters. The Hall–Kier alpha value is -2.12. The largest absolute Gasteiger partial charge is 0.394 e. The van der Waals surface area contributed by atoms with E-state index in [2.05, 4.69) is 10.3 Å². The number of halogens is 4. The fourth-order valence-electron chi connectivity index (χ4n) is 2.87. The van der Waals surface area contributed by atoms with Gasteiger partial charge in [0.1, 0.15) is 11.3 Å². The van der Waals surface area contributed by atoms with Gasteiger partial charge in [-0.15, -0.1) is 0 Å². The highest BCUT2D eigenvalue weighted by Crippen LogP contribution is 2.41. The predicted molar refractivity (Wildman–Crippen MR) is 85.7 cm³/mol. The molecular formula is C17H19F4N3O. The molecule has 1 amide bonds. The van der Waals surface area contributed by atoms with Gasteiger partial charge in [-0.1, -0.05) is 19.9 Å². The molecule has 0 saturated heterocycles. The van der Waals surface area contributed by atoms with E-state index >= 15 is 0 Å². The van der Waals surface area contributed by atoms with E-state index in [1.165, 1.54) is 12.1 Å². The summed E-state index contributed by atoms with van der Waals surface area (Å²) in [5.41, 5.74) is -1.51. The van der Waals surface area contributed by atoms with Crippen LogP contribution in [-0.4, -0.2) is 21.6 Å². The zero-order valence-electron chi connectivity index (χ0n) is 14.0. The molecule has 0 bridgehead atoms. The van der Waals surface area contributed by atoms with Gasteiger partial charge in [-0.3, -0.25) is 10.1 Å². The van der Waals surface area contributed by atoms with E-state index in [1.807, 2.05) is 0 Å². The normalized spacial score (nSPS) is 16.1. The monoisotopic (exact) mass is 357 g/mol. The van der Waals surface area contributed by atoms with Gasteiger partial charge >= 0.3 is 6.18 Å². The molecule has 0 unspecified atom stereocenters. The van der Waals surface area contributed by atoms with E-state index in [0.717, 1.165) is 33.1 Å². The van der Waals surface area contributed by atoms with Gasteiger partial charge in [0.2, 0.25) is 11.9 Å². The van der Waals surface area contributed by atoms with Crippen LogP contribution in [0, 0.1) is 11.2 Å². The van der Waals surface area contributed by atoms with Crippen LogP contribution in [0.25, 0.3) is 11.0 Å². The molecule has 8 heteroatoms. The number of hydrogen-bond donors (Lipinski definition) is 1. The quantitative estimate of drug-likeness (QED) is 0.798. The minimum Gasteiger partial charge on any atom is -0.304 e. The number of anilines is 1. The molecule has 25 heavy (non-hydrogen) atoms. The van der Waals surface area contributed by atoms with Gasteiger partial charge in [-0.05, 0) is 31.4 Å². The number of hydrogen-bond acceptors (Lipinski definition) is 2. The number of benzene rings is 1. The number of para-hydroxylation sites is 1. The predicted octanol–water partition coefficient (Wildman–Crippen LogP) is 4.82. The number of nitrogens with one attached hydrogen (secondary N) is 1. The van der Waals surface area contributed by atoms with Crippen molar-refractivity contribution in [2.75, 3.05) is 5.32 Å². The lowest BCUT2D eigenvalue weighted by atomic mass is 9.88. The molecular weight excluding hydrogens is 338 g/mol. The molecule has 0 radical (unpaired) electrons. The number of nitrogens with zero attached hydrogens (tertiary/aromatic N) is 2. The molecule has 136 valence electrons. The molecule has 3 rings (SSSR count). The first-order chi connectivity index (χ1) is 11.6. The molecule has 1 aliphatic carbocycles. The van der Waals surface area contributed by atoms with Crippen molar-refractivity contribution in [1.29, 1.82) is 0 Å². The molecule has 0 spiro atoms. The number of amides is 1. The molecule has 1 aliphatic rings. The fraction of sp³-hybridized carbons (Fsp3) is 0.529. The van der Waals surface area contributed by atoms with E-state index in [4.69, 9.17) is 0 Å². The Morgan fingerprint density at radius 3 is 2.56 bits per heavy atom. The lowest BCUT2D eigenvalue weighted by Gasteiger charge is -2.30. The van der Waals surface area contributed by atoms with Gasteiger partial charge in [-0.2, -0.15) is 13.2 Å². The van der Waals surface area contributed by atoms with E-state index in [0.29, 0.717) is 5.52 Å². The number of rotatable bonds is 4. The van der Waals surface area contributed by atoms with Crippen molar-refractivity contribution in [2.24, 2.45) is 5.41 Å². The number of alkyl halides is 3. The summed E-state index contributed by atoms with van der Waals surface area (Å²) in [6.45, 7) is 1.95. The second-order valence-corrected chi connectivity index (χ2v) is 7.10. The summed E-state index contributed by atoms with van der Waals surface area (Å²) in [5.74, 6) is -1.15. The summed E-state index contributed by atoms with van der Waals surface area (Å²) < 4.78 is 54.7. The number of aromatic nitrogens is 2. The highest BCUT2D eigenvalue weighted by atomic mass is 19.4. The van der Waals surface area contributed by atoms with Crippen LogP contribution in [-0.2, 0) is 4.79 Å². The smallest absolute Gasteiger partial charge is 0.304 e. The minimum absolute atomic E-state index is 0.00664. The summed E-state index contributed by atoms with van der Waals surface area (Å²) in [7, 11) is 0. The van der Waals surface area contributed by atoms with Crippen molar-refractivity contribution in [3.63, 3.8) is 0 Å². The summed E-state index contributed by atoms with van der Waals surface area (Å²) in [6.07, 6.45) is -2.61. The maximum Gasteiger partial charge on any atom is 0.394 e. The minimum atomic E-state index is -4.50. The second-order valence-electron chi connectivity index (χ2n) is 7.10. The molecule has 2 aromatic rings. The number of carbonyl (C=O) groups excluding carboxylic acids is 1. The van der Waals surface area contributed by atoms with Crippen molar-refractivity contribution in [2.45, 2.75) is 51.7 Å². The van der Waals surface area contributed by atoms with Crippen LogP contribution >= 0.6 is 0 Å². The van der Waals surface area contributed by atoms with E-state index < -0.39 is 29.7 Å². The molecule has 4 nitrogen and oxygen atoms in total. The van der Waals surface area contributed by atoms with Crippen molar-refractivity contribution < 1.29 is 22.4 Å². The number of imidazole rings is 1. The molecule has 0 aliphatic heterocycles. The first-order valence-corrected chi connectivity index (χ1v) is 8.13. The van der Waals surface area contributed by atoms with Gasteiger partial charge in [-0.25, -0.2) is 9.37 Å². The Labute approximate surface area is 142 Å². The molecule has 1 saturated carbocycles. The lowest BCUT2D eigenvalue weighted by molar-refractivity contribution is -0.213. The van der Waals surface area contributed by atoms with E-state index in [-0.39, 0.29) is 17.5 Å². The molecule has 1 fully saturated rings. The van der Waals surface area contributed by atoms with Crippen LogP contribution in [0.15, 0.2) is 18.2 Å². The third-order valence-electron chi connectivity index (χ3n) is 4.72. The Bertz CT molecular complexity index is 806. The van der Waals surface area contributed by atoms with Crippen LogP contribution in [0.5, 0.6) is 0 Å². The standard InChI is InChI=1S/C17H19F4N3O/c1-16(2,17(19,20)21)9-13(25)23-15-22-12-8-4-7-11(18)14(12)24(15)10-5-3-6-10/h4,7-8,10H,3,5-6,9H2,1-2H3,(H,22,23,25). The summed E-state index contributed by atoms with van der Waals surface area (Å²) in [4.78, 5) is 16.4. The molecule has 1 aromatic heterocycles. The number of carbonyl (C=O) groups is 1. The third-order valence-corrected chi connectivity index (χ3v) is 4.72. The van der Waals surface area contributed by atoms with Crippen molar-refractivity contribution >= 4 is 22.9 Å². The van der Waals surface area contributed by atoms with Crippen LogP contribution < -0.4 is 5.32 Å². The first kappa shape index (κ1) is 17.7. The molecule has 1 aromatic carbocycles. The van der Waals surface area contributed by atoms with Gasteiger partial charge in [0.25, 0.3) is 0 Å². The van der Waals surface area contributed by atoms with Crippen molar-refractivity contribution in [1.82, 2.24) is 9.55 Å². The van der Waals surface area contributed by atoms with E-state index in [1.54, 1.807) is 10.6 Å². The van der Waals surface area contributed by atoms with Gasteiger partial charge in [0.15, 0.2) is 0 Å². The highest BCUT2D eigenvalue weighted by molar-refractivity contribution is 5.92. The fourth-order valence-corrected chi connectivity index (χ4v) is 2.87. The average molecular weight is 357 g/mol. The summed E-state index contributed by atoms with van der Waals surface area (Å²) in [5, 5.41) is 2.45. The van der Waals surface area contributed by atoms with Crippen LogP contribution in [0.1, 0.15) is 45.6 Å². The SMILES string of the molecule is CC(C)(CC(=O)Nc1nc2cccc(F)c2n1C1CCC1)C(F)(F)F. The van der Waals surface area contributed by atoms with Crippen LogP contribution in [0.4, 0.5) is 23.5 Å². The third kappa shape index (κ3) is 3.21. The van der Waals surface area contributed by atoms with Crippen molar-refractivity contribution in [3.05, 3.63) is 24.0 Å². The zero-order chi connectivity index (χ0) is 18.4. The maximum atomic E-state index is 14.2. The van der Waals surface area contributed by atoms with E-state index in [9.17, 15) is 22.4 Å². The molecule has 1 heterocycles. The lowest BCUT2D eigenvalue weighted by Crippen LogP contribution is -2.36. The Balaban J connectivity index is 1.91. The van der Waals surface area contributed by atoms with Gasteiger partial charge in [0.05, 0.1) is 10.9 Å².